The van der Waals surface area contributed by atoms with Crippen molar-refractivity contribution in [3.63, 3.8) is 0 Å². The summed E-state index contributed by atoms with van der Waals surface area (Å²) in [6.45, 7) is 3.92. The van der Waals surface area contributed by atoms with Crippen molar-refractivity contribution < 1.29 is 4.79 Å². The van der Waals surface area contributed by atoms with Crippen molar-refractivity contribution in [2.45, 2.75) is 20.3 Å². The highest BCUT2D eigenvalue weighted by Gasteiger charge is 2.02. The second-order valence-electron chi connectivity index (χ2n) is 4.76. The molecule has 0 atom stereocenters. The zero-order valence-electron chi connectivity index (χ0n) is 11.8. The molecule has 1 N–H and O–H groups in total. The van der Waals surface area contributed by atoms with E-state index >= 15 is 0 Å². The van der Waals surface area contributed by atoms with Gasteiger partial charge in [0.15, 0.2) is 0 Å². The number of nitrogens with one attached hydrogen (secondary N) is 1. The summed E-state index contributed by atoms with van der Waals surface area (Å²) >= 11 is 0. The SMILES string of the molecule is C/C(=N/NC(=O)Cc1ccccc1)c1ccc(C)cc1. The zero-order valence-corrected chi connectivity index (χ0v) is 11.8. The van der Waals surface area contributed by atoms with Crippen molar-refractivity contribution in [2.24, 2.45) is 5.10 Å². The third-order valence-corrected chi connectivity index (χ3v) is 3.03. The van der Waals surface area contributed by atoms with E-state index in [1.54, 1.807) is 0 Å². The molecule has 0 unspecified atom stereocenters. The van der Waals surface area contributed by atoms with E-state index in [9.17, 15) is 4.79 Å². The molecule has 2 aromatic carbocycles. The number of amides is 1. The molecule has 0 spiro atoms. The standard InChI is InChI=1S/C17H18N2O/c1-13-8-10-16(11-9-13)14(2)18-19-17(20)12-15-6-4-3-5-7-15/h3-11H,12H2,1-2H3,(H,19,20)/b18-14-. The lowest BCUT2D eigenvalue weighted by molar-refractivity contribution is -0.120. The van der Waals surface area contributed by atoms with Crippen LogP contribution in [0.3, 0.4) is 0 Å². The largest absolute Gasteiger partial charge is 0.273 e. The first kappa shape index (κ1) is 14.0. The first-order valence-electron chi connectivity index (χ1n) is 6.59. The smallest absolute Gasteiger partial charge is 0.244 e. The van der Waals surface area contributed by atoms with E-state index in [1.807, 2.05) is 68.4 Å². The second-order valence-corrected chi connectivity index (χ2v) is 4.76. The van der Waals surface area contributed by atoms with Gasteiger partial charge in [0.2, 0.25) is 5.91 Å². The molecule has 20 heavy (non-hydrogen) atoms. The van der Waals surface area contributed by atoms with Crippen LogP contribution in [-0.4, -0.2) is 11.6 Å². The van der Waals surface area contributed by atoms with Crippen LogP contribution < -0.4 is 5.43 Å². The summed E-state index contributed by atoms with van der Waals surface area (Å²) in [6, 6.07) is 17.7. The quantitative estimate of drug-likeness (QED) is 0.670. The number of hydrazone groups is 1. The minimum Gasteiger partial charge on any atom is -0.273 e. The van der Waals surface area contributed by atoms with Crippen molar-refractivity contribution in [2.75, 3.05) is 0 Å². The molecule has 0 heterocycles. The second kappa shape index (κ2) is 6.66. The van der Waals surface area contributed by atoms with Crippen LogP contribution in [0.25, 0.3) is 0 Å². The summed E-state index contributed by atoms with van der Waals surface area (Å²) in [5.74, 6) is -0.109. The Morgan fingerprint density at radius 1 is 1.05 bits per heavy atom. The van der Waals surface area contributed by atoms with Crippen molar-refractivity contribution in [1.82, 2.24) is 5.43 Å². The Bertz CT molecular complexity index is 601. The average molecular weight is 266 g/mol. The Morgan fingerprint density at radius 3 is 2.35 bits per heavy atom. The van der Waals surface area contributed by atoms with E-state index in [-0.39, 0.29) is 5.91 Å². The van der Waals surface area contributed by atoms with E-state index in [4.69, 9.17) is 0 Å². The Hall–Kier alpha value is -2.42. The van der Waals surface area contributed by atoms with Gasteiger partial charge in [-0.05, 0) is 25.0 Å². The third kappa shape index (κ3) is 4.05. The van der Waals surface area contributed by atoms with Crippen LogP contribution in [0, 0.1) is 6.92 Å². The van der Waals surface area contributed by atoms with Gasteiger partial charge < -0.3 is 0 Å². The van der Waals surface area contributed by atoms with Crippen LogP contribution in [0.1, 0.15) is 23.6 Å². The Balaban J connectivity index is 1.95. The van der Waals surface area contributed by atoms with Gasteiger partial charge in [-0.1, -0.05) is 60.2 Å². The molecule has 102 valence electrons. The predicted molar refractivity (Wildman–Crippen MR) is 81.7 cm³/mol. The summed E-state index contributed by atoms with van der Waals surface area (Å²) in [4.78, 5) is 11.8. The van der Waals surface area contributed by atoms with E-state index < -0.39 is 0 Å². The summed E-state index contributed by atoms with van der Waals surface area (Å²) in [7, 11) is 0. The van der Waals surface area contributed by atoms with Crippen LogP contribution in [0.4, 0.5) is 0 Å². The van der Waals surface area contributed by atoms with E-state index in [0.717, 1.165) is 16.8 Å². The summed E-state index contributed by atoms with van der Waals surface area (Å²) < 4.78 is 0. The summed E-state index contributed by atoms with van der Waals surface area (Å²) in [5.41, 5.74) is 6.58. The first-order valence-corrected chi connectivity index (χ1v) is 6.59. The number of benzene rings is 2. The van der Waals surface area contributed by atoms with Crippen LogP contribution in [0.15, 0.2) is 59.7 Å². The molecule has 0 bridgehead atoms. The van der Waals surface area contributed by atoms with Gasteiger partial charge in [-0.25, -0.2) is 5.43 Å². The number of aryl methyl sites for hydroxylation is 1. The van der Waals surface area contributed by atoms with Crippen molar-refractivity contribution in [1.29, 1.82) is 0 Å². The van der Waals surface area contributed by atoms with Gasteiger partial charge in [-0.3, -0.25) is 4.79 Å². The van der Waals surface area contributed by atoms with Crippen LogP contribution in [-0.2, 0) is 11.2 Å². The Morgan fingerprint density at radius 2 is 1.70 bits per heavy atom. The van der Waals surface area contributed by atoms with Gasteiger partial charge >= 0.3 is 0 Å². The molecule has 2 aromatic rings. The highest BCUT2D eigenvalue weighted by atomic mass is 16.2. The molecule has 0 saturated heterocycles. The van der Waals surface area contributed by atoms with Crippen molar-refractivity contribution in [3.05, 3.63) is 71.3 Å². The lowest BCUT2D eigenvalue weighted by atomic mass is 10.1. The average Bonchev–Trinajstić information content (AvgIpc) is 2.46. The lowest BCUT2D eigenvalue weighted by Gasteiger charge is -2.03. The van der Waals surface area contributed by atoms with Crippen LogP contribution in [0.5, 0.6) is 0 Å². The van der Waals surface area contributed by atoms with Crippen molar-refractivity contribution in [3.8, 4) is 0 Å². The molecule has 0 aromatic heterocycles. The van der Waals surface area contributed by atoms with Gasteiger partial charge in [-0.2, -0.15) is 5.10 Å². The molecule has 0 aliphatic carbocycles. The maximum atomic E-state index is 11.8. The lowest BCUT2D eigenvalue weighted by Crippen LogP contribution is -2.21. The molecule has 1 amide bonds. The summed E-state index contributed by atoms with van der Waals surface area (Å²) in [6.07, 6.45) is 0.339. The molecule has 0 aliphatic heterocycles. The fourth-order valence-electron chi connectivity index (χ4n) is 1.83. The van der Waals surface area contributed by atoms with Gasteiger partial charge in [0.05, 0.1) is 12.1 Å². The normalized spacial score (nSPS) is 11.2. The number of rotatable bonds is 4. The molecule has 3 nitrogen and oxygen atoms in total. The topological polar surface area (TPSA) is 41.5 Å². The molecule has 0 aliphatic rings. The van der Waals surface area contributed by atoms with E-state index in [1.165, 1.54) is 5.56 Å². The number of hydrogen-bond donors (Lipinski definition) is 1. The van der Waals surface area contributed by atoms with Gasteiger partial charge in [-0.15, -0.1) is 0 Å². The third-order valence-electron chi connectivity index (χ3n) is 3.03. The minimum absolute atomic E-state index is 0.109. The maximum Gasteiger partial charge on any atom is 0.244 e. The summed E-state index contributed by atoms with van der Waals surface area (Å²) in [5, 5.41) is 4.14. The van der Waals surface area contributed by atoms with Gasteiger partial charge in [0.25, 0.3) is 0 Å². The highest BCUT2D eigenvalue weighted by Crippen LogP contribution is 2.04. The number of hydrogen-bond acceptors (Lipinski definition) is 2. The molecule has 2 rings (SSSR count). The molecule has 0 fully saturated rings. The van der Waals surface area contributed by atoms with Crippen LogP contribution >= 0.6 is 0 Å². The van der Waals surface area contributed by atoms with Gasteiger partial charge in [0, 0.05) is 0 Å². The minimum atomic E-state index is -0.109. The molecular weight excluding hydrogens is 248 g/mol. The van der Waals surface area contributed by atoms with Crippen molar-refractivity contribution >= 4 is 11.6 Å². The number of nitrogens with zero attached hydrogens (tertiary/aromatic N) is 1. The Kier molecular flexibility index (Phi) is 4.66. The maximum absolute atomic E-state index is 11.8. The molecule has 3 heteroatoms. The monoisotopic (exact) mass is 266 g/mol. The highest BCUT2D eigenvalue weighted by molar-refractivity contribution is 5.99. The van der Waals surface area contributed by atoms with E-state index in [2.05, 4.69) is 10.5 Å². The zero-order chi connectivity index (χ0) is 14.4. The number of carbonyl (C=O) groups is 1. The number of carbonyl (C=O) groups excluding carboxylic acids is 1. The predicted octanol–water partition coefficient (Wildman–Crippen LogP) is 3.08. The molecule has 0 saturated carbocycles. The van der Waals surface area contributed by atoms with Gasteiger partial charge in [0.1, 0.15) is 0 Å². The Labute approximate surface area is 119 Å². The molecular formula is C17H18N2O. The molecule has 0 radical (unpaired) electrons. The van der Waals surface area contributed by atoms with Crippen LogP contribution in [0.2, 0.25) is 0 Å². The first-order chi connectivity index (χ1) is 9.65. The van der Waals surface area contributed by atoms with E-state index in [0.29, 0.717) is 6.42 Å². The fourth-order valence-corrected chi connectivity index (χ4v) is 1.83. The fraction of sp³-hybridized carbons (Fsp3) is 0.176.